The van der Waals surface area contributed by atoms with E-state index in [1.165, 1.54) is 5.01 Å². The molecule has 0 N–H and O–H groups in total. The summed E-state index contributed by atoms with van der Waals surface area (Å²) in [6, 6.07) is 22.4. The van der Waals surface area contributed by atoms with Gasteiger partial charge in [-0.15, -0.1) is 0 Å². The van der Waals surface area contributed by atoms with Gasteiger partial charge >= 0.3 is 6.09 Å². The van der Waals surface area contributed by atoms with E-state index in [1.807, 2.05) is 73.5 Å². The van der Waals surface area contributed by atoms with Crippen LogP contribution in [0, 0.1) is 11.8 Å². The van der Waals surface area contributed by atoms with E-state index >= 15 is 0 Å². The topological polar surface area (TPSA) is 70.2 Å². The summed E-state index contributed by atoms with van der Waals surface area (Å²) in [5, 5.41) is 5.21. The maximum Gasteiger partial charge on any atom is 0.415 e. The molecule has 188 valence electrons. The first-order chi connectivity index (χ1) is 17.8. The number of imide groups is 1. The molecule has 0 unspecified atom stereocenters. The third kappa shape index (κ3) is 3.95. The molecule has 7 nitrogen and oxygen atoms in total. The highest BCUT2D eigenvalue weighted by Gasteiger charge is 2.52. The van der Waals surface area contributed by atoms with Gasteiger partial charge in [-0.1, -0.05) is 66.7 Å². The van der Waals surface area contributed by atoms with Crippen LogP contribution in [-0.2, 0) is 9.59 Å². The fraction of sp³-hybridized carbons (Fsp3) is 0.300. The van der Waals surface area contributed by atoms with Gasteiger partial charge in [0.15, 0.2) is 0 Å². The zero-order valence-electron chi connectivity index (χ0n) is 20.9. The van der Waals surface area contributed by atoms with Crippen LogP contribution in [0.3, 0.4) is 0 Å². The van der Waals surface area contributed by atoms with Crippen molar-refractivity contribution in [3.05, 3.63) is 84.9 Å². The zero-order valence-corrected chi connectivity index (χ0v) is 20.9. The highest BCUT2D eigenvalue weighted by Crippen LogP contribution is 2.42. The molecule has 3 amide bonds. The van der Waals surface area contributed by atoms with Crippen molar-refractivity contribution in [3.8, 4) is 5.75 Å². The molecule has 7 heteroatoms. The summed E-state index contributed by atoms with van der Waals surface area (Å²) in [5.41, 5.74) is 0.228. The second-order valence-electron chi connectivity index (χ2n) is 10.7. The van der Waals surface area contributed by atoms with Crippen molar-refractivity contribution >= 4 is 34.4 Å². The van der Waals surface area contributed by atoms with E-state index in [4.69, 9.17) is 4.74 Å². The molecular formula is C30H29N3O4. The summed E-state index contributed by atoms with van der Waals surface area (Å²) in [6.45, 7) is 4.45. The molecule has 0 saturated carbocycles. The number of fused-ring (bicyclic) bond motifs is 3. The van der Waals surface area contributed by atoms with Gasteiger partial charge in [-0.25, -0.2) is 4.79 Å². The van der Waals surface area contributed by atoms with Gasteiger partial charge in [0.2, 0.25) is 0 Å². The van der Waals surface area contributed by atoms with E-state index in [-0.39, 0.29) is 24.2 Å². The van der Waals surface area contributed by atoms with Gasteiger partial charge in [0.05, 0.1) is 29.6 Å². The van der Waals surface area contributed by atoms with Gasteiger partial charge in [0.1, 0.15) is 5.75 Å². The number of hydrazine groups is 1. The number of carbonyl (C=O) groups excluding carboxylic acids is 3. The number of amides is 3. The van der Waals surface area contributed by atoms with E-state index in [2.05, 4.69) is 6.08 Å². The molecule has 3 aliphatic heterocycles. The first-order valence-electron chi connectivity index (χ1n) is 12.7. The monoisotopic (exact) mass is 495 g/mol. The van der Waals surface area contributed by atoms with Gasteiger partial charge in [0, 0.05) is 11.9 Å². The second-order valence-corrected chi connectivity index (χ2v) is 10.7. The van der Waals surface area contributed by atoms with Gasteiger partial charge < -0.3 is 9.64 Å². The van der Waals surface area contributed by atoms with Crippen molar-refractivity contribution in [1.29, 1.82) is 0 Å². The second kappa shape index (κ2) is 8.76. The van der Waals surface area contributed by atoms with Gasteiger partial charge in [-0.05, 0) is 49.8 Å². The molecule has 2 fully saturated rings. The third-order valence-electron chi connectivity index (χ3n) is 7.64. The highest BCUT2D eigenvalue weighted by molar-refractivity contribution is 6.04. The number of anilines is 1. The van der Waals surface area contributed by atoms with Crippen LogP contribution in [0.2, 0.25) is 0 Å². The number of rotatable bonds is 3. The lowest BCUT2D eigenvalue weighted by Gasteiger charge is -2.47. The zero-order chi connectivity index (χ0) is 25.7. The molecular weight excluding hydrogens is 466 g/mol. The summed E-state index contributed by atoms with van der Waals surface area (Å²) < 4.78 is 5.60. The van der Waals surface area contributed by atoms with Crippen molar-refractivity contribution in [2.75, 3.05) is 11.6 Å². The Balaban J connectivity index is 1.33. The molecule has 3 aromatic rings. The average molecular weight is 496 g/mol. The molecule has 3 aromatic carbocycles. The Bertz CT molecular complexity index is 1410. The third-order valence-corrected chi connectivity index (χ3v) is 7.64. The minimum Gasteiger partial charge on any atom is -0.410 e. The molecule has 0 spiro atoms. The van der Waals surface area contributed by atoms with Crippen molar-refractivity contribution in [2.24, 2.45) is 11.8 Å². The molecule has 3 heterocycles. The Morgan fingerprint density at radius 3 is 2.43 bits per heavy atom. The van der Waals surface area contributed by atoms with Crippen LogP contribution < -0.4 is 9.75 Å². The minimum absolute atomic E-state index is 0.0268. The largest absolute Gasteiger partial charge is 0.415 e. The minimum atomic E-state index is -0.591. The smallest absolute Gasteiger partial charge is 0.410 e. The van der Waals surface area contributed by atoms with Crippen LogP contribution in [0.1, 0.15) is 26.7 Å². The van der Waals surface area contributed by atoms with E-state index < -0.39 is 23.6 Å². The van der Waals surface area contributed by atoms with Crippen LogP contribution in [0.15, 0.2) is 84.9 Å². The number of para-hydroxylation sites is 1. The number of hydrogen-bond acceptors (Lipinski definition) is 5. The first kappa shape index (κ1) is 23.3. The molecule has 0 radical (unpaired) electrons. The van der Waals surface area contributed by atoms with Gasteiger partial charge in [-0.2, -0.15) is 5.01 Å². The van der Waals surface area contributed by atoms with Crippen molar-refractivity contribution in [3.63, 3.8) is 0 Å². The number of nitrogens with zero attached hydrogens (tertiary/aromatic N) is 3. The first-order valence-corrected chi connectivity index (χ1v) is 12.7. The van der Waals surface area contributed by atoms with Gasteiger partial charge in [0.25, 0.3) is 11.8 Å². The number of piperidine rings is 1. The molecule has 2 saturated heterocycles. The van der Waals surface area contributed by atoms with Crippen LogP contribution in [0.5, 0.6) is 5.75 Å². The highest BCUT2D eigenvalue weighted by atomic mass is 16.6. The lowest BCUT2D eigenvalue weighted by molar-refractivity contribution is -0.147. The van der Waals surface area contributed by atoms with E-state index in [1.54, 1.807) is 29.2 Å². The van der Waals surface area contributed by atoms with Crippen molar-refractivity contribution < 1.29 is 19.1 Å². The normalized spacial score (nSPS) is 24.1. The standard InChI is InChI=1S/C30H29N3O4/c1-30(2)18-27(34)32(33(30)26-14-8-10-21-9-6-7-13-23(21)26)28(35)24-17-20-15-16-25(24)31(19-20)29(36)37-22-11-4-3-5-12-22/h3-16,20,24-25H,17-19H2,1-2H3/t20-,24+,25+/m0/s1. The SMILES string of the molecule is CC1(C)CC(=O)N(C(=O)[C@@H]2C[C@@H]3C=C[C@H]2N(C(=O)Oc2ccccc2)C3)N1c1cccc2ccccc12. The van der Waals surface area contributed by atoms with Crippen molar-refractivity contribution in [1.82, 2.24) is 9.91 Å². The fourth-order valence-electron chi connectivity index (χ4n) is 5.98. The Morgan fingerprint density at radius 1 is 0.919 bits per heavy atom. The summed E-state index contributed by atoms with van der Waals surface area (Å²) in [4.78, 5) is 42.3. The summed E-state index contributed by atoms with van der Waals surface area (Å²) in [6.07, 6.45) is 4.31. The summed E-state index contributed by atoms with van der Waals surface area (Å²) in [5.74, 6) is -0.562. The number of ether oxygens (including phenoxy) is 1. The quantitative estimate of drug-likeness (QED) is 0.370. The van der Waals surface area contributed by atoms with Crippen LogP contribution in [0.25, 0.3) is 10.8 Å². The molecule has 2 bridgehead atoms. The van der Waals surface area contributed by atoms with E-state index in [0.29, 0.717) is 18.7 Å². The molecule has 0 aromatic heterocycles. The lowest BCUT2D eigenvalue weighted by Crippen LogP contribution is -2.60. The van der Waals surface area contributed by atoms with Crippen molar-refractivity contribution in [2.45, 2.75) is 38.3 Å². The Morgan fingerprint density at radius 2 is 1.65 bits per heavy atom. The van der Waals surface area contributed by atoms with Crippen LogP contribution >= 0.6 is 0 Å². The maximum atomic E-state index is 14.2. The van der Waals surface area contributed by atoms with Gasteiger partial charge in [-0.3, -0.25) is 14.6 Å². The molecule has 3 atom stereocenters. The fourth-order valence-corrected chi connectivity index (χ4v) is 5.98. The number of benzene rings is 3. The number of carbonyl (C=O) groups is 3. The number of hydrogen-bond donors (Lipinski definition) is 0. The average Bonchev–Trinajstić information content (AvgIpc) is 3.16. The van der Waals surface area contributed by atoms with E-state index in [9.17, 15) is 14.4 Å². The Kier molecular flexibility index (Phi) is 5.51. The summed E-state index contributed by atoms with van der Waals surface area (Å²) in [7, 11) is 0. The van der Waals surface area contributed by atoms with Crippen LogP contribution in [0.4, 0.5) is 10.5 Å². The predicted octanol–water partition coefficient (Wildman–Crippen LogP) is 5.17. The summed E-state index contributed by atoms with van der Waals surface area (Å²) >= 11 is 0. The molecule has 1 aliphatic carbocycles. The van der Waals surface area contributed by atoms with Crippen LogP contribution in [-0.4, -0.2) is 45.9 Å². The molecule has 37 heavy (non-hydrogen) atoms. The lowest BCUT2D eigenvalue weighted by atomic mass is 9.77. The predicted molar refractivity (Wildman–Crippen MR) is 141 cm³/mol. The molecule has 4 aliphatic rings. The Hall–Kier alpha value is -4.13. The molecule has 7 rings (SSSR count). The van der Waals surface area contributed by atoms with E-state index in [0.717, 1.165) is 16.5 Å². The Labute approximate surface area is 215 Å². The maximum absolute atomic E-state index is 14.2.